The van der Waals surface area contributed by atoms with Gasteiger partial charge in [0.05, 0.1) is 12.1 Å². The number of hydrogen-bond acceptors (Lipinski definition) is 5. The average molecular weight is 662 g/mol. The van der Waals surface area contributed by atoms with Crippen LogP contribution in [-0.2, 0) is 9.59 Å². The van der Waals surface area contributed by atoms with E-state index in [0.717, 1.165) is 21.6 Å². The molecule has 7 nitrogen and oxygen atoms in total. The number of benzene rings is 5. The molecule has 5 rings (SSSR count). The summed E-state index contributed by atoms with van der Waals surface area (Å²) >= 11 is 7.63. The molecular formula is C38H32ClN3O4S. The molecule has 0 spiro atoms. The Bertz CT molecular complexity index is 1920. The lowest BCUT2D eigenvalue weighted by Gasteiger charge is -2.18. The van der Waals surface area contributed by atoms with Crippen molar-refractivity contribution in [2.45, 2.75) is 17.1 Å². The smallest absolute Gasteiger partial charge is 0.272 e. The summed E-state index contributed by atoms with van der Waals surface area (Å²) in [6.45, 7) is 1.96. The second kappa shape index (κ2) is 15.8. The Kier molecular flexibility index (Phi) is 11.1. The van der Waals surface area contributed by atoms with Crippen LogP contribution in [0.25, 0.3) is 6.08 Å². The Morgan fingerprint density at radius 1 is 0.766 bits per heavy atom. The molecule has 9 heteroatoms. The lowest BCUT2D eigenvalue weighted by atomic mass is 10.1. The minimum Gasteiger partial charge on any atom is -0.495 e. The number of aryl methyl sites for hydroxylation is 1. The maximum absolute atomic E-state index is 13.6. The second-order valence-corrected chi connectivity index (χ2v) is 12.1. The minimum absolute atomic E-state index is 0.0854. The number of rotatable bonds is 11. The zero-order valence-corrected chi connectivity index (χ0v) is 27.3. The molecule has 3 amide bonds. The Labute approximate surface area is 283 Å². The largest absolute Gasteiger partial charge is 0.495 e. The summed E-state index contributed by atoms with van der Waals surface area (Å²) in [5, 5.41) is 8.40. The van der Waals surface area contributed by atoms with Gasteiger partial charge >= 0.3 is 0 Å². The van der Waals surface area contributed by atoms with Gasteiger partial charge < -0.3 is 20.7 Å². The fourth-order valence-electron chi connectivity index (χ4n) is 4.70. The highest BCUT2D eigenvalue weighted by atomic mass is 35.5. The van der Waals surface area contributed by atoms with E-state index in [0.29, 0.717) is 27.7 Å². The summed E-state index contributed by atoms with van der Waals surface area (Å²) in [5.74, 6) is -0.636. The van der Waals surface area contributed by atoms with Gasteiger partial charge in [0.25, 0.3) is 11.8 Å². The molecule has 0 radical (unpaired) electrons. The molecule has 0 saturated carbocycles. The van der Waals surface area contributed by atoms with E-state index in [9.17, 15) is 14.4 Å². The normalized spacial score (nSPS) is 11.7. The summed E-state index contributed by atoms with van der Waals surface area (Å²) < 4.78 is 5.22. The molecule has 1 unspecified atom stereocenters. The third-order valence-electron chi connectivity index (χ3n) is 6.99. The zero-order valence-electron chi connectivity index (χ0n) is 25.7. The Balaban J connectivity index is 1.37. The maximum atomic E-state index is 13.6. The molecule has 0 bridgehead atoms. The monoisotopic (exact) mass is 661 g/mol. The standard InChI is InChI=1S/C38H32ClN3O4S/c1-25-11-9-12-26(21-25)22-33(42-36(43)28-15-7-4-8-16-28)37(44)40-29-17-10-18-31(23-29)47-35(27-13-5-3-6-14-27)38(45)41-30-19-20-34(46-2)32(39)24-30/h3-24,35H,1-2H3,(H,40,44)(H,41,45)(H,42,43)/b33-22+. The third-order valence-corrected chi connectivity index (χ3v) is 8.53. The van der Waals surface area contributed by atoms with E-state index in [-0.39, 0.29) is 11.6 Å². The van der Waals surface area contributed by atoms with Crippen LogP contribution in [0, 0.1) is 6.92 Å². The number of carbonyl (C=O) groups is 3. The number of thioether (sulfide) groups is 1. The topological polar surface area (TPSA) is 96.5 Å². The van der Waals surface area contributed by atoms with Crippen molar-refractivity contribution in [2.75, 3.05) is 17.7 Å². The highest BCUT2D eigenvalue weighted by Crippen LogP contribution is 2.38. The van der Waals surface area contributed by atoms with E-state index in [4.69, 9.17) is 16.3 Å². The van der Waals surface area contributed by atoms with Crippen LogP contribution in [-0.4, -0.2) is 24.8 Å². The number of nitrogens with one attached hydrogen (secondary N) is 3. The van der Waals surface area contributed by atoms with Crippen molar-refractivity contribution in [3.05, 3.63) is 160 Å². The number of amides is 3. The Hall–Kier alpha value is -5.31. The van der Waals surface area contributed by atoms with E-state index >= 15 is 0 Å². The van der Waals surface area contributed by atoms with Crippen molar-refractivity contribution in [3.63, 3.8) is 0 Å². The molecular weight excluding hydrogens is 630 g/mol. The number of ether oxygens (including phenoxy) is 1. The zero-order chi connectivity index (χ0) is 33.2. The van der Waals surface area contributed by atoms with Crippen LogP contribution in [0.5, 0.6) is 5.75 Å². The molecule has 0 saturated heterocycles. The predicted molar refractivity (Wildman–Crippen MR) is 190 cm³/mol. The van der Waals surface area contributed by atoms with Gasteiger partial charge in [-0.15, -0.1) is 11.8 Å². The van der Waals surface area contributed by atoms with Crippen LogP contribution in [0.1, 0.15) is 32.3 Å². The van der Waals surface area contributed by atoms with Crippen molar-refractivity contribution in [1.29, 1.82) is 0 Å². The minimum atomic E-state index is -0.620. The lowest BCUT2D eigenvalue weighted by Crippen LogP contribution is -2.30. The molecule has 3 N–H and O–H groups in total. The molecule has 47 heavy (non-hydrogen) atoms. The molecule has 0 aliphatic rings. The number of carbonyl (C=O) groups excluding carboxylic acids is 3. The molecule has 236 valence electrons. The fourth-order valence-corrected chi connectivity index (χ4v) is 6.04. The van der Waals surface area contributed by atoms with Crippen LogP contribution >= 0.6 is 23.4 Å². The van der Waals surface area contributed by atoms with Crippen molar-refractivity contribution in [1.82, 2.24) is 5.32 Å². The number of halogens is 1. The van der Waals surface area contributed by atoms with E-state index in [1.165, 1.54) is 18.9 Å². The Morgan fingerprint density at radius 2 is 1.47 bits per heavy atom. The molecule has 5 aromatic carbocycles. The molecule has 0 aliphatic carbocycles. The first-order chi connectivity index (χ1) is 22.8. The van der Waals surface area contributed by atoms with Gasteiger partial charge in [-0.2, -0.15) is 0 Å². The van der Waals surface area contributed by atoms with Crippen molar-refractivity contribution in [3.8, 4) is 5.75 Å². The van der Waals surface area contributed by atoms with Gasteiger partial charge in [-0.1, -0.05) is 96.0 Å². The van der Waals surface area contributed by atoms with Gasteiger partial charge in [0.2, 0.25) is 5.91 Å². The second-order valence-electron chi connectivity index (χ2n) is 10.5. The SMILES string of the molecule is COc1ccc(NC(=O)C(Sc2cccc(NC(=O)/C(=C\c3cccc(C)c3)NC(=O)c3ccccc3)c2)c2ccccc2)cc1Cl. The van der Waals surface area contributed by atoms with Gasteiger partial charge in [0.15, 0.2) is 0 Å². The lowest BCUT2D eigenvalue weighted by molar-refractivity contribution is -0.116. The number of methoxy groups -OCH3 is 1. The van der Waals surface area contributed by atoms with Gasteiger partial charge in [0, 0.05) is 21.8 Å². The molecule has 5 aromatic rings. The van der Waals surface area contributed by atoms with Crippen LogP contribution in [0.2, 0.25) is 5.02 Å². The van der Waals surface area contributed by atoms with Crippen LogP contribution in [0.15, 0.2) is 138 Å². The van der Waals surface area contributed by atoms with Crippen molar-refractivity contribution in [2.24, 2.45) is 0 Å². The number of anilines is 2. The molecule has 0 fully saturated rings. The molecule has 0 heterocycles. The number of hydrogen-bond donors (Lipinski definition) is 3. The van der Waals surface area contributed by atoms with Crippen molar-refractivity contribution < 1.29 is 19.1 Å². The summed E-state index contributed by atoms with van der Waals surface area (Å²) in [7, 11) is 1.53. The highest BCUT2D eigenvalue weighted by Gasteiger charge is 2.23. The molecule has 0 aliphatic heterocycles. The van der Waals surface area contributed by atoms with Gasteiger partial charge in [-0.05, 0) is 72.7 Å². The summed E-state index contributed by atoms with van der Waals surface area (Å²) in [5.41, 5.74) is 4.13. The summed E-state index contributed by atoms with van der Waals surface area (Å²) in [6, 6.07) is 38.0. The predicted octanol–water partition coefficient (Wildman–Crippen LogP) is 8.54. The van der Waals surface area contributed by atoms with Gasteiger partial charge in [0.1, 0.15) is 16.7 Å². The molecule has 0 aromatic heterocycles. The fraction of sp³-hybridized carbons (Fsp3) is 0.0789. The van der Waals surface area contributed by atoms with E-state index in [2.05, 4.69) is 16.0 Å². The summed E-state index contributed by atoms with van der Waals surface area (Å²) in [6.07, 6.45) is 1.64. The van der Waals surface area contributed by atoms with Crippen LogP contribution in [0.3, 0.4) is 0 Å². The first-order valence-corrected chi connectivity index (χ1v) is 16.0. The first kappa shape index (κ1) is 33.1. The van der Waals surface area contributed by atoms with Gasteiger partial charge in [-0.25, -0.2) is 0 Å². The van der Waals surface area contributed by atoms with Crippen LogP contribution < -0.4 is 20.7 Å². The highest BCUT2D eigenvalue weighted by molar-refractivity contribution is 8.00. The van der Waals surface area contributed by atoms with Crippen molar-refractivity contribution >= 4 is 58.5 Å². The van der Waals surface area contributed by atoms with E-state index in [1.807, 2.05) is 73.7 Å². The summed E-state index contributed by atoms with van der Waals surface area (Å²) in [4.78, 5) is 41.0. The third kappa shape index (κ3) is 9.13. The van der Waals surface area contributed by atoms with Gasteiger partial charge in [-0.3, -0.25) is 14.4 Å². The van der Waals surface area contributed by atoms with Crippen LogP contribution in [0.4, 0.5) is 11.4 Å². The quantitative estimate of drug-likeness (QED) is 0.0974. The van der Waals surface area contributed by atoms with E-state index < -0.39 is 17.1 Å². The maximum Gasteiger partial charge on any atom is 0.272 e. The average Bonchev–Trinajstić information content (AvgIpc) is 3.08. The van der Waals surface area contributed by atoms with E-state index in [1.54, 1.807) is 66.7 Å². The Morgan fingerprint density at radius 3 is 2.17 bits per heavy atom. The molecule has 1 atom stereocenters. The first-order valence-electron chi connectivity index (χ1n) is 14.7.